The number of hydrogen-bond acceptors (Lipinski definition) is 4. The van der Waals surface area contributed by atoms with Gasteiger partial charge < -0.3 is 5.11 Å². The van der Waals surface area contributed by atoms with Crippen LogP contribution in [0.4, 0.5) is 8.78 Å². The van der Waals surface area contributed by atoms with Crippen LogP contribution in [0, 0.1) is 0 Å². The molecule has 0 fully saturated rings. The number of nitrogens with zero attached hydrogens (tertiary/aromatic N) is 2. The molecule has 0 amide bonds. The summed E-state index contributed by atoms with van der Waals surface area (Å²) >= 11 is 0.780. The molecule has 0 aliphatic heterocycles. The Morgan fingerprint density at radius 3 is 2.59 bits per heavy atom. The summed E-state index contributed by atoms with van der Waals surface area (Å²) in [4.78, 5) is 35.6. The van der Waals surface area contributed by atoms with Crippen molar-refractivity contribution in [3.8, 4) is 0 Å². The third kappa shape index (κ3) is 2.84. The molecular formula is C13H12F2N2O4S. The molecule has 0 spiro atoms. The second-order valence-electron chi connectivity index (χ2n) is 4.40. The van der Waals surface area contributed by atoms with E-state index in [1.165, 1.54) is 6.07 Å². The topological polar surface area (TPSA) is 81.3 Å². The molecule has 0 saturated heterocycles. The van der Waals surface area contributed by atoms with Crippen molar-refractivity contribution in [3.05, 3.63) is 43.9 Å². The van der Waals surface area contributed by atoms with E-state index in [-0.39, 0.29) is 34.6 Å². The third-order valence-corrected chi connectivity index (χ3v) is 4.22. The first kappa shape index (κ1) is 16.1. The predicted octanol–water partition coefficient (Wildman–Crippen LogP) is 2.11. The maximum atomic E-state index is 12.3. The Hall–Kier alpha value is -2.29. The molecule has 0 radical (unpaired) electrons. The minimum absolute atomic E-state index is 0.0630. The highest BCUT2D eigenvalue weighted by Crippen LogP contribution is 2.22. The molecule has 2 heterocycles. The summed E-state index contributed by atoms with van der Waals surface area (Å²) in [5.41, 5.74) is -1.21. The molecule has 2 rings (SSSR count). The molecular weight excluding hydrogens is 318 g/mol. The summed E-state index contributed by atoms with van der Waals surface area (Å²) in [5.74, 6) is -1.21. The zero-order valence-electron chi connectivity index (χ0n) is 11.5. The van der Waals surface area contributed by atoms with Gasteiger partial charge in [0, 0.05) is 13.1 Å². The summed E-state index contributed by atoms with van der Waals surface area (Å²) in [6.45, 7) is 1.65. The van der Waals surface area contributed by atoms with Gasteiger partial charge in [-0.1, -0.05) is 0 Å². The second kappa shape index (κ2) is 6.22. The van der Waals surface area contributed by atoms with Gasteiger partial charge in [0.2, 0.25) is 0 Å². The van der Waals surface area contributed by atoms with Crippen molar-refractivity contribution in [3.63, 3.8) is 0 Å². The highest BCUT2D eigenvalue weighted by molar-refractivity contribution is 7.20. The van der Waals surface area contributed by atoms with Crippen LogP contribution in [-0.4, -0.2) is 20.2 Å². The van der Waals surface area contributed by atoms with Crippen molar-refractivity contribution in [2.75, 3.05) is 0 Å². The number of aromatic carboxylic acids is 1. The minimum atomic E-state index is -1.86. The van der Waals surface area contributed by atoms with Crippen LogP contribution in [0.1, 0.15) is 23.0 Å². The zero-order chi connectivity index (χ0) is 16.4. The summed E-state index contributed by atoms with van der Waals surface area (Å²) in [7, 11) is 0. The van der Waals surface area contributed by atoms with Gasteiger partial charge in [-0.25, -0.2) is 9.59 Å². The molecule has 0 aliphatic rings. The van der Waals surface area contributed by atoms with Crippen LogP contribution in [0.25, 0.3) is 10.2 Å². The van der Waals surface area contributed by atoms with Gasteiger partial charge in [-0.15, -0.1) is 11.3 Å². The zero-order valence-corrected chi connectivity index (χ0v) is 12.3. The summed E-state index contributed by atoms with van der Waals surface area (Å²) in [6.07, 6.45) is -1.28. The van der Waals surface area contributed by atoms with E-state index in [0.717, 1.165) is 20.5 Å². The fourth-order valence-electron chi connectivity index (χ4n) is 2.08. The lowest BCUT2D eigenvalue weighted by molar-refractivity contribution is 0.0702. The van der Waals surface area contributed by atoms with Gasteiger partial charge in [-0.3, -0.25) is 13.9 Å². The largest absolute Gasteiger partial charge is 0.477 e. The Bertz CT molecular complexity index is 875. The third-order valence-electron chi connectivity index (χ3n) is 3.07. The van der Waals surface area contributed by atoms with E-state index < -0.39 is 23.3 Å². The van der Waals surface area contributed by atoms with Crippen LogP contribution in [0.2, 0.25) is 0 Å². The van der Waals surface area contributed by atoms with Crippen LogP contribution in [-0.2, 0) is 13.1 Å². The van der Waals surface area contributed by atoms with Crippen molar-refractivity contribution in [2.24, 2.45) is 0 Å². The van der Waals surface area contributed by atoms with Gasteiger partial charge in [0.25, 0.3) is 11.6 Å². The smallest absolute Gasteiger partial charge is 0.345 e. The van der Waals surface area contributed by atoms with Gasteiger partial charge in [-0.2, -0.15) is 8.78 Å². The van der Waals surface area contributed by atoms with Crippen LogP contribution >= 0.6 is 11.3 Å². The fourth-order valence-corrected chi connectivity index (χ4v) is 3.09. The molecule has 0 bridgehead atoms. The average Bonchev–Trinajstić information content (AvgIpc) is 2.88. The second-order valence-corrected chi connectivity index (χ2v) is 5.43. The summed E-state index contributed by atoms with van der Waals surface area (Å²) in [5, 5.41) is 9.12. The molecule has 9 heteroatoms. The molecule has 0 aromatic carbocycles. The maximum Gasteiger partial charge on any atom is 0.345 e. The minimum Gasteiger partial charge on any atom is -0.477 e. The van der Waals surface area contributed by atoms with Crippen molar-refractivity contribution in [1.82, 2.24) is 9.13 Å². The Morgan fingerprint density at radius 1 is 1.36 bits per heavy atom. The van der Waals surface area contributed by atoms with Crippen molar-refractivity contribution in [1.29, 1.82) is 0 Å². The Labute approximate surface area is 126 Å². The van der Waals surface area contributed by atoms with E-state index in [2.05, 4.69) is 0 Å². The van der Waals surface area contributed by atoms with Crippen LogP contribution < -0.4 is 11.2 Å². The number of allylic oxidation sites excluding steroid dienone is 1. The van der Waals surface area contributed by atoms with E-state index in [1.54, 1.807) is 6.92 Å². The molecule has 2 aromatic heterocycles. The number of rotatable bonds is 5. The Balaban J connectivity index is 2.71. The monoisotopic (exact) mass is 330 g/mol. The van der Waals surface area contributed by atoms with Crippen LogP contribution in [0.5, 0.6) is 0 Å². The standard InChI is InChI=1S/C13H12F2N2O4S/c1-2-16-10(18)7-6-8(12(19)20)22-11(7)17(13(16)21)5-3-4-9(14)15/h4,6H,2-3,5H2,1H3,(H,19,20). The molecule has 1 N–H and O–H groups in total. The predicted molar refractivity (Wildman–Crippen MR) is 77.9 cm³/mol. The first-order valence-corrected chi connectivity index (χ1v) is 7.20. The van der Waals surface area contributed by atoms with Gasteiger partial charge in [-0.05, 0) is 25.5 Å². The van der Waals surface area contributed by atoms with Crippen LogP contribution in [0.3, 0.4) is 0 Å². The molecule has 6 nitrogen and oxygen atoms in total. The Kier molecular flexibility index (Phi) is 4.55. The Morgan fingerprint density at radius 2 is 2.05 bits per heavy atom. The number of carboxylic acids is 1. The number of thiophene rings is 1. The lowest BCUT2D eigenvalue weighted by Crippen LogP contribution is -2.39. The quantitative estimate of drug-likeness (QED) is 0.910. The fraction of sp³-hybridized carbons (Fsp3) is 0.308. The summed E-state index contributed by atoms with van der Waals surface area (Å²) in [6, 6.07) is 1.21. The number of hydrogen-bond donors (Lipinski definition) is 1. The van der Waals surface area contributed by atoms with E-state index in [1.807, 2.05) is 0 Å². The van der Waals surface area contributed by atoms with Gasteiger partial charge in [0.15, 0.2) is 0 Å². The van der Waals surface area contributed by atoms with Gasteiger partial charge in [0.05, 0.1) is 5.39 Å². The SMILES string of the molecule is CCn1c(=O)c2cc(C(=O)O)sc2n(CCC=C(F)F)c1=O. The molecule has 0 unspecified atom stereocenters. The number of aryl methyl sites for hydroxylation is 1. The molecule has 2 aromatic rings. The molecule has 0 atom stereocenters. The number of carboxylic acid groups (broad SMARTS) is 1. The number of halogens is 2. The maximum absolute atomic E-state index is 12.3. The van der Waals surface area contributed by atoms with Crippen LogP contribution in [0.15, 0.2) is 27.8 Å². The first-order chi connectivity index (χ1) is 10.4. The van der Waals surface area contributed by atoms with E-state index in [4.69, 9.17) is 5.11 Å². The van der Waals surface area contributed by atoms with Crippen molar-refractivity contribution in [2.45, 2.75) is 26.4 Å². The highest BCUT2D eigenvalue weighted by atomic mass is 32.1. The number of carbonyl (C=O) groups is 1. The normalized spacial score (nSPS) is 10.9. The summed E-state index contributed by atoms with van der Waals surface area (Å²) < 4.78 is 26.3. The average molecular weight is 330 g/mol. The first-order valence-electron chi connectivity index (χ1n) is 6.38. The molecule has 22 heavy (non-hydrogen) atoms. The lowest BCUT2D eigenvalue weighted by atomic mass is 10.3. The van der Waals surface area contributed by atoms with Crippen molar-refractivity contribution < 1.29 is 18.7 Å². The van der Waals surface area contributed by atoms with E-state index in [9.17, 15) is 23.2 Å². The number of aromatic nitrogens is 2. The van der Waals surface area contributed by atoms with E-state index in [0.29, 0.717) is 6.08 Å². The molecule has 118 valence electrons. The van der Waals surface area contributed by atoms with E-state index >= 15 is 0 Å². The van der Waals surface area contributed by atoms with Gasteiger partial charge in [0.1, 0.15) is 9.71 Å². The molecule has 0 aliphatic carbocycles. The van der Waals surface area contributed by atoms with Crippen molar-refractivity contribution >= 4 is 27.5 Å². The van der Waals surface area contributed by atoms with Gasteiger partial charge >= 0.3 is 11.7 Å². The lowest BCUT2D eigenvalue weighted by Gasteiger charge is -2.09. The molecule has 0 saturated carbocycles. The number of fused-ring (bicyclic) bond motifs is 1. The highest BCUT2D eigenvalue weighted by Gasteiger charge is 2.17.